The van der Waals surface area contributed by atoms with Crippen LogP contribution in [-0.2, 0) is 0 Å². The Kier molecular flexibility index (Phi) is 4.35. The summed E-state index contributed by atoms with van der Waals surface area (Å²) >= 11 is 0. The molecule has 0 bridgehead atoms. The topological polar surface area (TPSA) is 68.9 Å². The number of hydrogen-bond donors (Lipinski definition) is 0. The van der Waals surface area contributed by atoms with Crippen LogP contribution in [0.2, 0.25) is 0 Å². The zero-order valence-electron chi connectivity index (χ0n) is 18.6. The molecular weight excluding hydrogens is 432 g/mol. The molecule has 0 amide bonds. The molecular formula is C29H18N6. The Morgan fingerprint density at radius 2 is 0.971 bits per heavy atom. The van der Waals surface area contributed by atoms with Crippen molar-refractivity contribution in [2.45, 2.75) is 0 Å². The van der Waals surface area contributed by atoms with E-state index in [-0.39, 0.29) is 0 Å². The molecule has 0 saturated carbocycles. The summed E-state index contributed by atoms with van der Waals surface area (Å²) in [5, 5.41) is 0.980. The van der Waals surface area contributed by atoms with Crippen molar-refractivity contribution in [1.29, 1.82) is 0 Å². The highest BCUT2D eigenvalue weighted by atomic mass is 15.1. The first-order chi connectivity index (χ1) is 17.3. The number of para-hydroxylation sites is 3. The molecule has 6 nitrogen and oxygen atoms in total. The third-order valence-corrected chi connectivity index (χ3v) is 6.04. The molecule has 0 aliphatic rings. The summed E-state index contributed by atoms with van der Waals surface area (Å²) in [7, 11) is 0. The van der Waals surface area contributed by atoms with Crippen LogP contribution in [-0.4, -0.2) is 29.3 Å². The average molecular weight is 451 g/mol. The number of aromatic nitrogens is 6. The first-order valence-corrected chi connectivity index (χ1v) is 11.4. The first kappa shape index (κ1) is 19.5. The fourth-order valence-electron chi connectivity index (χ4n) is 4.40. The molecule has 4 aromatic carbocycles. The number of imidazole rings is 1. The highest BCUT2D eigenvalue weighted by molar-refractivity contribution is 5.98. The van der Waals surface area contributed by atoms with E-state index in [0.29, 0.717) is 23.3 Å². The van der Waals surface area contributed by atoms with Gasteiger partial charge < -0.3 is 0 Å². The van der Waals surface area contributed by atoms with Crippen molar-refractivity contribution in [2.75, 3.05) is 0 Å². The minimum Gasteiger partial charge on any atom is -0.273 e. The van der Waals surface area contributed by atoms with E-state index in [9.17, 15) is 0 Å². The van der Waals surface area contributed by atoms with E-state index in [1.165, 1.54) is 0 Å². The second kappa shape index (κ2) is 7.81. The maximum absolute atomic E-state index is 5.04. The van der Waals surface area contributed by atoms with Gasteiger partial charge in [0.2, 0.25) is 5.82 Å². The summed E-state index contributed by atoms with van der Waals surface area (Å²) in [5.41, 5.74) is 5.36. The first-order valence-electron chi connectivity index (χ1n) is 11.4. The van der Waals surface area contributed by atoms with Crippen molar-refractivity contribution in [3.8, 4) is 34.4 Å². The lowest BCUT2D eigenvalue weighted by Gasteiger charge is -2.11. The second-order valence-corrected chi connectivity index (χ2v) is 8.25. The van der Waals surface area contributed by atoms with Gasteiger partial charge in [0, 0.05) is 16.5 Å². The Labute approximate surface area is 200 Å². The normalized spacial score (nSPS) is 11.4. The van der Waals surface area contributed by atoms with E-state index in [2.05, 4.69) is 4.40 Å². The molecule has 6 heteroatoms. The zero-order valence-corrected chi connectivity index (χ0v) is 18.6. The fourth-order valence-corrected chi connectivity index (χ4v) is 4.40. The predicted octanol–water partition coefficient (Wildman–Crippen LogP) is 6.22. The minimum absolute atomic E-state index is 0.497. The SMILES string of the molecule is c1ccc(-c2nc(-c3ccccc3)nc(-c3nc4ccccc4c4nc5ccccc5n34)n2)cc1. The zero-order chi connectivity index (χ0) is 23.2. The number of rotatable bonds is 3. The maximum atomic E-state index is 5.04. The van der Waals surface area contributed by atoms with E-state index >= 15 is 0 Å². The summed E-state index contributed by atoms with van der Waals surface area (Å²) in [6.45, 7) is 0. The molecule has 0 unspecified atom stereocenters. The van der Waals surface area contributed by atoms with Crippen molar-refractivity contribution >= 4 is 27.6 Å². The van der Waals surface area contributed by atoms with Gasteiger partial charge in [-0.1, -0.05) is 84.9 Å². The van der Waals surface area contributed by atoms with Crippen LogP contribution >= 0.6 is 0 Å². The monoisotopic (exact) mass is 450 g/mol. The summed E-state index contributed by atoms with van der Waals surface area (Å²) in [4.78, 5) is 24.6. The molecule has 3 heterocycles. The van der Waals surface area contributed by atoms with Gasteiger partial charge in [0.1, 0.15) is 5.65 Å². The number of hydrogen-bond acceptors (Lipinski definition) is 5. The molecule has 0 fully saturated rings. The van der Waals surface area contributed by atoms with E-state index in [4.69, 9.17) is 24.9 Å². The average Bonchev–Trinajstić information content (AvgIpc) is 3.33. The summed E-state index contributed by atoms with van der Waals surface area (Å²) in [5.74, 6) is 2.32. The van der Waals surface area contributed by atoms with Gasteiger partial charge in [-0.2, -0.15) is 0 Å². The standard InChI is InChI=1S/C29H18N6/c1-3-11-19(12-4-1)25-32-26(20-13-5-2-6-14-20)34-27(33-25)29-30-22-16-8-7-15-21(22)28-31-23-17-9-10-18-24(23)35(28)29/h1-18H. The van der Waals surface area contributed by atoms with Crippen LogP contribution in [0.3, 0.4) is 0 Å². The van der Waals surface area contributed by atoms with Crippen molar-refractivity contribution < 1.29 is 0 Å². The molecule has 7 rings (SSSR count). The van der Waals surface area contributed by atoms with Crippen molar-refractivity contribution in [2.24, 2.45) is 0 Å². The predicted molar refractivity (Wildman–Crippen MR) is 138 cm³/mol. The third-order valence-electron chi connectivity index (χ3n) is 6.04. The Bertz CT molecular complexity index is 1780. The van der Waals surface area contributed by atoms with Gasteiger partial charge in [-0.15, -0.1) is 0 Å². The van der Waals surface area contributed by atoms with Gasteiger partial charge in [0.05, 0.1) is 16.6 Å². The second-order valence-electron chi connectivity index (χ2n) is 8.25. The molecule has 0 aliphatic carbocycles. The number of nitrogens with zero attached hydrogens (tertiary/aromatic N) is 6. The molecule has 0 N–H and O–H groups in total. The smallest absolute Gasteiger partial charge is 0.200 e. The Morgan fingerprint density at radius 3 is 1.66 bits per heavy atom. The van der Waals surface area contributed by atoms with Crippen molar-refractivity contribution in [3.63, 3.8) is 0 Å². The van der Waals surface area contributed by atoms with E-state index in [0.717, 1.165) is 38.7 Å². The Morgan fingerprint density at radius 1 is 0.429 bits per heavy atom. The van der Waals surface area contributed by atoms with Crippen molar-refractivity contribution in [1.82, 2.24) is 29.3 Å². The molecule has 164 valence electrons. The molecule has 0 atom stereocenters. The van der Waals surface area contributed by atoms with E-state index in [1.807, 2.05) is 109 Å². The van der Waals surface area contributed by atoms with Crippen LogP contribution in [0.25, 0.3) is 62.0 Å². The van der Waals surface area contributed by atoms with Crippen LogP contribution in [0.1, 0.15) is 0 Å². The molecule has 35 heavy (non-hydrogen) atoms. The Balaban J connectivity index is 1.60. The van der Waals surface area contributed by atoms with Crippen LogP contribution in [0.4, 0.5) is 0 Å². The van der Waals surface area contributed by atoms with Crippen molar-refractivity contribution in [3.05, 3.63) is 109 Å². The van der Waals surface area contributed by atoms with Gasteiger partial charge in [0.25, 0.3) is 0 Å². The lowest BCUT2D eigenvalue weighted by atomic mass is 10.2. The number of benzene rings is 4. The molecule has 3 aromatic heterocycles. The molecule has 0 spiro atoms. The minimum atomic E-state index is 0.497. The van der Waals surface area contributed by atoms with Crippen LogP contribution < -0.4 is 0 Å². The maximum Gasteiger partial charge on any atom is 0.200 e. The van der Waals surface area contributed by atoms with Gasteiger partial charge in [-0.05, 0) is 24.3 Å². The van der Waals surface area contributed by atoms with E-state index < -0.39 is 0 Å². The summed E-state index contributed by atoms with van der Waals surface area (Å²) in [6, 6.07) is 36.0. The largest absolute Gasteiger partial charge is 0.273 e. The van der Waals surface area contributed by atoms with E-state index in [1.54, 1.807) is 0 Å². The van der Waals surface area contributed by atoms with Crippen LogP contribution in [0.5, 0.6) is 0 Å². The number of fused-ring (bicyclic) bond motifs is 5. The third kappa shape index (κ3) is 3.23. The van der Waals surface area contributed by atoms with Gasteiger partial charge in [0.15, 0.2) is 17.5 Å². The Hall–Kier alpha value is -4.97. The highest BCUT2D eigenvalue weighted by Crippen LogP contribution is 2.30. The van der Waals surface area contributed by atoms with Gasteiger partial charge in [-0.25, -0.2) is 24.9 Å². The molecule has 7 aromatic rings. The molecule has 0 aliphatic heterocycles. The lowest BCUT2D eigenvalue weighted by molar-refractivity contribution is 1.03. The quantitative estimate of drug-likeness (QED) is 0.320. The summed E-state index contributed by atoms with van der Waals surface area (Å²) < 4.78 is 2.05. The van der Waals surface area contributed by atoms with Crippen LogP contribution in [0, 0.1) is 0 Å². The summed E-state index contributed by atoms with van der Waals surface area (Å²) in [6.07, 6.45) is 0. The van der Waals surface area contributed by atoms with Gasteiger partial charge >= 0.3 is 0 Å². The molecule has 0 saturated heterocycles. The lowest BCUT2D eigenvalue weighted by Crippen LogP contribution is -2.05. The van der Waals surface area contributed by atoms with Crippen LogP contribution in [0.15, 0.2) is 109 Å². The molecule has 0 radical (unpaired) electrons. The fraction of sp³-hybridized carbons (Fsp3) is 0. The highest BCUT2D eigenvalue weighted by Gasteiger charge is 2.19. The van der Waals surface area contributed by atoms with Gasteiger partial charge in [-0.3, -0.25) is 4.40 Å².